The van der Waals surface area contributed by atoms with Crippen LogP contribution in [-0.4, -0.2) is 42.7 Å². The topological polar surface area (TPSA) is 58.9 Å². The first-order valence-corrected chi connectivity index (χ1v) is 5.28. The maximum Gasteiger partial charge on any atom is 0.119 e. The van der Waals surface area contributed by atoms with Crippen molar-refractivity contribution in [1.29, 1.82) is 0 Å². The molecule has 0 fully saturated rings. The SMILES string of the molecule is C.C.C.C.C.Cc1ccc(OCCOCC(O)CO)cc1. The number of rotatable bonds is 7. The van der Waals surface area contributed by atoms with E-state index in [0.29, 0.717) is 13.2 Å². The molecule has 0 aliphatic rings. The Balaban J connectivity index is -0.000000171. The molecule has 130 valence electrons. The predicted octanol–water partition coefficient (Wildman–Crippen LogP) is 3.92. The van der Waals surface area contributed by atoms with Crippen LogP contribution in [0.1, 0.15) is 42.7 Å². The van der Waals surface area contributed by atoms with Crippen LogP contribution < -0.4 is 4.74 Å². The maximum absolute atomic E-state index is 8.99. The molecule has 0 aliphatic carbocycles. The fraction of sp³-hybridized carbons (Fsp3) is 0.647. The molecule has 1 unspecified atom stereocenters. The van der Waals surface area contributed by atoms with Crippen LogP contribution in [0.15, 0.2) is 24.3 Å². The maximum atomic E-state index is 8.99. The second kappa shape index (κ2) is 18.9. The minimum absolute atomic E-state index is 0. The van der Waals surface area contributed by atoms with E-state index in [1.807, 2.05) is 31.2 Å². The highest BCUT2D eigenvalue weighted by molar-refractivity contribution is 5.26. The molecular weight excluding hydrogens is 268 g/mol. The lowest BCUT2D eigenvalue weighted by molar-refractivity contribution is -0.00138. The summed E-state index contributed by atoms with van der Waals surface area (Å²) in [5.41, 5.74) is 1.19. The van der Waals surface area contributed by atoms with Crippen molar-refractivity contribution >= 4 is 0 Å². The smallest absolute Gasteiger partial charge is 0.119 e. The second-order valence-corrected chi connectivity index (χ2v) is 3.57. The molecule has 0 heterocycles. The van der Waals surface area contributed by atoms with Crippen LogP contribution in [0.2, 0.25) is 0 Å². The summed E-state index contributed by atoms with van der Waals surface area (Å²) in [4.78, 5) is 0. The summed E-state index contributed by atoms with van der Waals surface area (Å²) in [6.07, 6.45) is -0.806. The molecule has 1 atom stereocenters. The van der Waals surface area contributed by atoms with E-state index in [1.54, 1.807) is 0 Å². The van der Waals surface area contributed by atoms with Gasteiger partial charge in [0, 0.05) is 0 Å². The fourth-order valence-corrected chi connectivity index (χ4v) is 1.13. The summed E-state index contributed by atoms with van der Waals surface area (Å²) in [6.45, 7) is 2.70. The van der Waals surface area contributed by atoms with Crippen molar-refractivity contribution < 1.29 is 19.7 Å². The van der Waals surface area contributed by atoms with Crippen molar-refractivity contribution in [2.45, 2.75) is 50.2 Å². The minimum Gasteiger partial charge on any atom is -0.491 e. The van der Waals surface area contributed by atoms with Gasteiger partial charge in [-0.3, -0.25) is 0 Å². The van der Waals surface area contributed by atoms with Crippen molar-refractivity contribution in [3.63, 3.8) is 0 Å². The van der Waals surface area contributed by atoms with E-state index < -0.39 is 6.10 Å². The number of ether oxygens (including phenoxy) is 2. The third kappa shape index (κ3) is 15.1. The van der Waals surface area contributed by atoms with Crippen LogP contribution in [0.25, 0.3) is 0 Å². The van der Waals surface area contributed by atoms with E-state index in [1.165, 1.54) is 5.56 Å². The molecule has 0 saturated heterocycles. The van der Waals surface area contributed by atoms with Gasteiger partial charge in [-0.25, -0.2) is 0 Å². The summed E-state index contributed by atoms with van der Waals surface area (Å²) in [5.74, 6) is 0.803. The van der Waals surface area contributed by atoms with Gasteiger partial charge in [-0.1, -0.05) is 54.8 Å². The Hall–Kier alpha value is -1.10. The molecule has 21 heavy (non-hydrogen) atoms. The summed E-state index contributed by atoms with van der Waals surface area (Å²) >= 11 is 0. The normalized spacial score (nSPS) is 9.48. The van der Waals surface area contributed by atoms with Crippen LogP contribution in [0, 0.1) is 6.92 Å². The first kappa shape index (κ1) is 32.0. The van der Waals surface area contributed by atoms with Crippen LogP contribution in [0.3, 0.4) is 0 Å². The second-order valence-electron chi connectivity index (χ2n) is 3.57. The number of benzene rings is 1. The quantitative estimate of drug-likeness (QED) is 0.750. The summed E-state index contributed by atoms with van der Waals surface area (Å²) in [5, 5.41) is 17.5. The van der Waals surface area contributed by atoms with Gasteiger partial charge in [-0.05, 0) is 19.1 Å². The van der Waals surface area contributed by atoms with Gasteiger partial charge in [-0.15, -0.1) is 0 Å². The minimum atomic E-state index is -0.806. The Morgan fingerprint density at radius 3 is 1.95 bits per heavy atom. The van der Waals surface area contributed by atoms with Crippen molar-refractivity contribution in [2.75, 3.05) is 26.4 Å². The van der Waals surface area contributed by atoms with Gasteiger partial charge in [0.15, 0.2) is 0 Å². The van der Waals surface area contributed by atoms with Crippen LogP contribution in [-0.2, 0) is 4.74 Å². The molecule has 0 bridgehead atoms. The lowest BCUT2D eigenvalue weighted by Gasteiger charge is -2.09. The highest BCUT2D eigenvalue weighted by atomic mass is 16.5. The van der Waals surface area contributed by atoms with E-state index in [-0.39, 0.29) is 50.3 Å². The number of aliphatic hydroxyl groups excluding tert-OH is 2. The zero-order valence-corrected chi connectivity index (χ0v) is 9.43. The van der Waals surface area contributed by atoms with Gasteiger partial charge in [0.05, 0.1) is 19.8 Å². The van der Waals surface area contributed by atoms with Crippen molar-refractivity contribution in [1.82, 2.24) is 0 Å². The molecule has 1 rings (SSSR count). The lowest BCUT2D eigenvalue weighted by atomic mass is 10.2. The van der Waals surface area contributed by atoms with Gasteiger partial charge < -0.3 is 19.7 Å². The van der Waals surface area contributed by atoms with Crippen LogP contribution in [0.5, 0.6) is 5.75 Å². The summed E-state index contributed by atoms with van der Waals surface area (Å²) < 4.78 is 10.5. The summed E-state index contributed by atoms with van der Waals surface area (Å²) in [7, 11) is 0. The van der Waals surface area contributed by atoms with Gasteiger partial charge in [0.2, 0.25) is 0 Å². The summed E-state index contributed by atoms with van der Waals surface area (Å²) in [6, 6.07) is 7.76. The van der Waals surface area contributed by atoms with Crippen LogP contribution in [0.4, 0.5) is 0 Å². The van der Waals surface area contributed by atoms with E-state index in [9.17, 15) is 0 Å². The lowest BCUT2D eigenvalue weighted by Crippen LogP contribution is -2.21. The molecule has 0 radical (unpaired) electrons. The third-order valence-corrected chi connectivity index (χ3v) is 2.04. The molecule has 0 aromatic heterocycles. The molecule has 1 aromatic carbocycles. The van der Waals surface area contributed by atoms with E-state index >= 15 is 0 Å². The predicted molar refractivity (Wildman–Crippen MR) is 94.2 cm³/mol. The average Bonchev–Trinajstić information content (AvgIpc) is 2.31. The number of hydrogen-bond donors (Lipinski definition) is 2. The van der Waals surface area contributed by atoms with Crippen LogP contribution >= 0.6 is 0 Å². The monoisotopic (exact) mass is 306 g/mol. The largest absolute Gasteiger partial charge is 0.491 e. The van der Waals surface area contributed by atoms with Gasteiger partial charge in [0.25, 0.3) is 0 Å². The van der Waals surface area contributed by atoms with Gasteiger partial charge >= 0.3 is 0 Å². The van der Waals surface area contributed by atoms with Crippen molar-refractivity contribution in [3.8, 4) is 5.75 Å². The zero-order valence-electron chi connectivity index (χ0n) is 9.43. The number of hydrogen-bond acceptors (Lipinski definition) is 4. The Morgan fingerprint density at radius 2 is 1.48 bits per heavy atom. The number of aliphatic hydroxyl groups is 2. The van der Waals surface area contributed by atoms with Gasteiger partial charge in [0.1, 0.15) is 18.5 Å². The Labute approximate surface area is 132 Å². The molecule has 1 aromatic rings. The Morgan fingerprint density at radius 1 is 0.952 bits per heavy atom. The standard InChI is InChI=1S/C12H18O4.5CH4/c1-10-2-4-12(5-3-10)16-7-6-15-9-11(14)8-13;;;;;/h2-5,11,13-14H,6-9H2,1H3;5*1H4. The fourth-order valence-electron chi connectivity index (χ4n) is 1.13. The number of aryl methyl sites for hydroxylation is 1. The molecule has 0 aliphatic heterocycles. The highest BCUT2D eigenvalue weighted by Crippen LogP contribution is 2.10. The highest BCUT2D eigenvalue weighted by Gasteiger charge is 2.00. The first-order chi connectivity index (χ1) is 7.72. The molecule has 0 spiro atoms. The first-order valence-electron chi connectivity index (χ1n) is 5.28. The third-order valence-electron chi connectivity index (χ3n) is 2.04. The van der Waals surface area contributed by atoms with E-state index in [0.717, 1.165) is 5.75 Å². The molecule has 4 nitrogen and oxygen atoms in total. The molecular formula is C17H38O4. The Bertz CT molecular complexity index is 285. The molecule has 0 saturated carbocycles. The molecule has 4 heteroatoms. The Kier molecular flexibility index (Phi) is 28.8. The van der Waals surface area contributed by atoms with Crippen molar-refractivity contribution in [2.24, 2.45) is 0 Å². The zero-order chi connectivity index (χ0) is 11.8. The molecule has 2 N–H and O–H groups in total. The van der Waals surface area contributed by atoms with E-state index in [2.05, 4.69) is 0 Å². The molecule has 0 amide bonds. The van der Waals surface area contributed by atoms with Gasteiger partial charge in [-0.2, -0.15) is 0 Å². The van der Waals surface area contributed by atoms with E-state index in [4.69, 9.17) is 19.7 Å². The average molecular weight is 306 g/mol. The van der Waals surface area contributed by atoms with Crippen molar-refractivity contribution in [3.05, 3.63) is 29.8 Å².